The normalized spacial score (nSPS) is 11.8. The summed E-state index contributed by atoms with van der Waals surface area (Å²) >= 11 is 16.0. The molecule has 0 aliphatic heterocycles. The second kappa shape index (κ2) is 7.03. The van der Waals surface area contributed by atoms with Crippen LogP contribution in [0.5, 0.6) is 0 Å². The number of nitrogens with one attached hydrogen (secondary N) is 2. The predicted molar refractivity (Wildman–Crippen MR) is 81.3 cm³/mol. The summed E-state index contributed by atoms with van der Waals surface area (Å²) in [5.74, 6) is -0.517. The Hall–Kier alpha value is -0.910. The Labute approximate surface area is 127 Å². The fourth-order valence-electron chi connectivity index (χ4n) is 1.40. The first kappa shape index (κ1) is 16.1. The molecule has 0 aliphatic carbocycles. The number of carbonyl (C=O) groups excluding carboxylic acids is 2. The van der Waals surface area contributed by atoms with Crippen LogP contribution in [0.2, 0.25) is 10.0 Å². The van der Waals surface area contributed by atoms with Gasteiger partial charge in [-0.05, 0) is 24.6 Å². The van der Waals surface area contributed by atoms with Crippen molar-refractivity contribution in [1.29, 1.82) is 0 Å². The van der Waals surface area contributed by atoms with Gasteiger partial charge in [-0.25, -0.2) is 0 Å². The molecular formula is C12H14Cl2N2O2S. The summed E-state index contributed by atoms with van der Waals surface area (Å²) < 4.78 is 0. The monoisotopic (exact) mass is 320 g/mol. The van der Waals surface area contributed by atoms with Crippen molar-refractivity contribution in [1.82, 2.24) is 5.32 Å². The molecule has 0 radical (unpaired) electrons. The van der Waals surface area contributed by atoms with Crippen LogP contribution in [0.1, 0.15) is 12.5 Å². The van der Waals surface area contributed by atoms with Gasteiger partial charge < -0.3 is 10.6 Å². The second-order valence-electron chi connectivity index (χ2n) is 4.01. The molecule has 1 aromatic rings. The first-order valence-electron chi connectivity index (χ1n) is 5.49. The van der Waals surface area contributed by atoms with Gasteiger partial charge in [0.25, 0.3) is 0 Å². The molecule has 4 nitrogen and oxygen atoms in total. The van der Waals surface area contributed by atoms with Crippen molar-refractivity contribution in [2.45, 2.75) is 19.9 Å². The molecule has 0 saturated heterocycles. The summed E-state index contributed by atoms with van der Waals surface area (Å²) in [6, 6.07) is 2.51. The van der Waals surface area contributed by atoms with Crippen molar-refractivity contribution in [2.75, 3.05) is 11.1 Å². The van der Waals surface area contributed by atoms with Gasteiger partial charge in [-0.3, -0.25) is 9.59 Å². The summed E-state index contributed by atoms with van der Waals surface area (Å²) in [5.41, 5.74) is 1.22. The molecule has 1 unspecified atom stereocenters. The van der Waals surface area contributed by atoms with Crippen molar-refractivity contribution >= 4 is 53.3 Å². The van der Waals surface area contributed by atoms with Crippen LogP contribution in [0.25, 0.3) is 0 Å². The van der Waals surface area contributed by atoms with E-state index in [4.69, 9.17) is 23.2 Å². The third kappa shape index (κ3) is 4.60. The lowest BCUT2D eigenvalue weighted by Gasteiger charge is -2.16. The van der Waals surface area contributed by atoms with E-state index in [0.717, 1.165) is 5.56 Å². The summed E-state index contributed by atoms with van der Waals surface area (Å²) in [6.45, 7) is 3.15. The van der Waals surface area contributed by atoms with Crippen molar-refractivity contribution in [3.05, 3.63) is 27.7 Å². The van der Waals surface area contributed by atoms with Gasteiger partial charge in [-0.15, -0.1) is 0 Å². The summed E-state index contributed by atoms with van der Waals surface area (Å²) in [7, 11) is 0. The lowest BCUT2D eigenvalue weighted by atomic mass is 10.2. The van der Waals surface area contributed by atoms with Crippen LogP contribution in [0.3, 0.4) is 0 Å². The Balaban J connectivity index is 2.86. The maximum absolute atomic E-state index is 12.0. The van der Waals surface area contributed by atoms with Crippen LogP contribution in [0.4, 0.5) is 5.69 Å². The number of benzene rings is 1. The lowest BCUT2D eigenvalue weighted by Crippen LogP contribution is -2.44. The number of carbonyl (C=O) groups is 2. The van der Waals surface area contributed by atoms with E-state index in [2.05, 4.69) is 23.3 Å². The topological polar surface area (TPSA) is 58.2 Å². The summed E-state index contributed by atoms with van der Waals surface area (Å²) in [4.78, 5) is 22.9. The zero-order valence-electron chi connectivity index (χ0n) is 10.5. The predicted octanol–water partition coefficient (Wildman–Crippen LogP) is 2.67. The Morgan fingerprint density at radius 2 is 1.95 bits per heavy atom. The number of rotatable bonds is 4. The number of anilines is 1. The number of aryl methyl sites for hydroxylation is 1. The highest BCUT2D eigenvalue weighted by Gasteiger charge is 2.19. The molecule has 1 atom stereocenters. The molecule has 104 valence electrons. The fourth-order valence-corrected chi connectivity index (χ4v) is 2.09. The van der Waals surface area contributed by atoms with E-state index in [-0.39, 0.29) is 11.7 Å². The number of hydrogen-bond donors (Lipinski definition) is 3. The van der Waals surface area contributed by atoms with Crippen LogP contribution in [0, 0.1) is 6.92 Å². The van der Waals surface area contributed by atoms with Crippen molar-refractivity contribution in [3.63, 3.8) is 0 Å². The van der Waals surface area contributed by atoms with Gasteiger partial charge in [0.2, 0.25) is 11.8 Å². The molecule has 1 rings (SSSR count). The maximum atomic E-state index is 12.0. The van der Waals surface area contributed by atoms with Crippen molar-refractivity contribution < 1.29 is 9.59 Å². The van der Waals surface area contributed by atoms with Gasteiger partial charge in [-0.1, -0.05) is 23.2 Å². The van der Waals surface area contributed by atoms with Gasteiger partial charge in [0, 0.05) is 17.7 Å². The number of thiol groups is 1. The Bertz CT molecular complexity index is 509. The van der Waals surface area contributed by atoms with Gasteiger partial charge in [0.1, 0.15) is 6.04 Å². The average molecular weight is 321 g/mol. The van der Waals surface area contributed by atoms with E-state index in [1.165, 1.54) is 6.92 Å². The fraction of sp³-hybridized carbons (Fsp3) is 0.333. The van der Waals surface area contributed by atoms with E-state index in [9.17, 15) is 9.59 Å². The van der Waals surface area contributed by atoms with Crippen LogP contribution in [0.15, 0.2) is 12.1 Å². The van der Waals surface area contributed by atoms with Gasteiger partial charge in [0.05, 0.1) is 10.7 Å². The molecular weight excluding hydrogens is 307 g/mol. The largest absolute Gasteiger partial charge is 0.344 e. The number of hydrogen-bond acceptors (Lipinski definition) is 3. The Kier molecular flexibility index (Phi) is 5.97. The Morgan fingerprint density at radius 1 is 1.32 bits per heavy atom. The van der Waals surface area contributed by atoms with E-state index >= 15 is 0 Å². The quantitative estimate of drug-likeness (QED) is 0.747. The lowest BCUT2D eigenvalue weighted by molar-refractivity contribution is -0.124. The van der Waals surface area contributed by atoms with Crippen LogP contribution in [-0.4, -0.2) is 23.6 Å². The molecule has 0 aliphatic rings. The first-order valence-corrected chi connectivity index (χ1v) is 6.88. The molecule has 0 fully saturated rings. The minimum absolute atomic E-state index is 0.183. The molecule has 0 aromatic heterocycles. The second-order valence-corrected chi connectivity index (χ2v) is 5.19. The third-order valence-corrected chi connectivity index (χ3v) is 3.47. The molecule has 2 N–H and O–H groups in total. The zero-order valence-corrected chi connectivity index (χ0v) is 12.9. The minimum Gasteiger partial charge on any atom is -0.344 e. The molecule has 0 bridgehead atoms. The molecule has 0 spiro atoms. The van der Waals surface area contributed by atoms with Crippen molar-refractivity contribution in [2.24, 2.45) is 0 Å². The van der Waals surface area contributed by atoms with E-state index in [0.29, 0.717) is 15.7 Å². The minimum atomic E-state index is -0.725. The van der Waals surface area contributed by atoms with Crippen LogP contribution >= 0.6 is 35.8 Å². The highest BCUT2D eigenvalue weighted by atomic mass is 35.5. The standard InChI is InChI=1S/C12H14Cl2N2O2S/c1-6-3-9(14)10(4-8(6)13)16-12(18)11(5-19)15-7(2)17/h3-4,11,19H,5H2,1-2H3,(H,15,17)(H,16,18). The zero-order chi connectivity index (χ0) is 14.6. The van der Waals surface area contributed by atoms with E-state index in [1.54, 1.807) is 12.1 Å². The average Bonchev–Trinajstić information content (AvgIpc) is 2.32. The maximum Gasteiger partial charge on any atom is 0.247 e. The summed E-state index contributed by atoms with van der Waals surface area (Å²) in [5, 5.41) is 5.99. The number of halogens is 2. The SMILES string of the molecule is CC(=O)NC(CS)C(=O)Nc1cc(Cl)c(C)cc1Cl. The van der Waals surface area contributed by atoms with E-state index in [1.807, 2.05) is 6.92 Å². The van der Waals surface area contributed by atoms with Crippen LogP contribution < -0.4 is 10.6 Å². The molecule has 2 amide bonds. The molecule has 0 saturated carbocycles. The Morgan fingerprint density at radius 3 is 2.47 bits per heavy atom. The van der Waals surface area contributed by atoms with Crippen molar-refractivity contribution in [3.8, 4) is 0 Å². The molecule has 1 aromatic carbocycles. The third-order valence-electron chi connectivity index (χ3n) is 2.38. The van der Waals surface area contributed by atoms with Crippen LogP contribution in [-0.2, 0) is 9.59 Å². The number of amides is 2. The summed E-state index contributed by atoms with van der Waals surface area (Å²) in [6.07, 6.45) is 0. The molecule has 7 heteroatoms. The molecule has 0 heterocycles. The molecule has 19 heavy (non-hydrogen) atoms. The van der Waals surface area contributed by atoms with E-state index < -0.39 is 11.9 Å². The smallest absolute Gasteiger partial charge is 0.247 e. The van der Waals surface area contributed by atoms with Gasteiger partial charge >= 0.3 is 0 Å². The highest BCUT2D eigenvalue weighted by molar-refractivity contribution is 7.80. The van der Waals surface area contributed by atoms with Gasteiger partial charge in [0.15, 0.2) is 0 Å². The van der Waals surface area contributed by atoms with Gasteiger partial charge in [-0.2, -0.15) is 12.6 Å². The first-order chi connectivity index (χ1) is 8.85. The highest BCUT2D eigenvalue weighted by Crippen LogP contribution is 2.28.